The van der Waals surface area contributed by atoms with Gasteiger partial charge < -0.3 is 4.74 Å². The summed E-state index contributed by atoms with van der Waals surface area (Å²) in [6.07, 6.45) is 9.47. The molecule has 0 aromatic carbocycles. The lowest BCUT2D eigenvalue weighted by Gasteiger charge is -2.36. The zero-order chi connectivity index (χ0) is 20.6. The van der Waals surface area contributed by atoms with Crippen LogP contribution in [-0.2, 0) is 22.4 Å². The van der Waals surface area contributed by atoms with Crippen molar-refractivity contribution in [2.45, 2.75) is 83.8 Å². The number of nitrogens with zero attached hydrogens (tertiary/aromatic N) is 2. The molecule has 1 unspecified atom stereocenters. The molecule has 0 saturated heterocycles. The monoisotopic (exact) mass is 432 g/mol. The van der Waals surface area contributed by atoms with Gasteiger partial charge in [0.15, 0.2) is 0 Å². The van der Waals surface area contributed by atoms with E-state index in [-0.39, 0.29) is 12.1 Å². The van der Waals surface area contributed by atoms with E-state index in [0.29, 0.717) is 11.2 Å². The lowest BCUT2D eigenvalue weighted by molar-refractivity contribution is -0.148. The minimum absolute atomic E-state index is 0.0857. The molecule has 1 saturated carbocycles. The third-order valence-corrected chi connectivity index (χ3v) is 8.71. The van der Waals surface area contributed by atoms with Gasteiger partial charge in [0.1, 0.15) is 22.3 Å². The Kier molecular flexibility index (Phi) is 6.22. The predicted molar refractivity (Wildman–Crippen MR) is 121 cm³/mol. The van der Waals surface area contributed by atoms with Gasteiger partial charge in [0.25, 0.3) is 0 Å². The van der Waals surface area contributed by atoms with Gasteiger partial charge in [0.05, 0.1) is 5.75 Å². The van der Waals surface area contributed by atoms with E-state index in [0.717, 1.165) is 60.2 Å². The smallest absolute Gasteiger partial charge is 0.316 e. The number of aryl methyl sites for hydroxylation is 1. The first-order valence-electron chi connectivity index (χ1n) is 10.9. The molecule has 4 nitrogen and oxygen atoms in total. The number of ether oxygens (including phenoxy) is 1. The molecule has 0 spiro atoms. The summed E-state index contributed by atoms with van der Waals surface area (Å²) in [5.41, 5.74) is 1.76. The third kappa shape index (κ3) is 4.79. The number of carbonyl (C=O) groups excluding carboxylic acids is 1. The summed E-state index contributed by atoms with van der Waals surface area (Å²) in [6.45, 7) is 9.26. The maximum Gasteiger partial charge on any atom is 0.316 e. The van der Waals surface area contributed by atoms with Crippen LogP contribution in [0.3, 0.4) is 0 Å². The molecule has 1 atom stereocenters. The molecule has 2 aliphatic carbocycles. The molecular formula is C23H32N2O2S2. The van der Waals surface area contributed by atoms with Crippen molar-refractivity contribution in [2.75, 3.05) is 5.75 Å². The topological polar surface area (TPSA) is 52.1 Å². The molecule has 1 fully saturated rings. The Labute approximate surface area is 182 Å². The Bertz CT molecular complexity index is 879. The van der Waals surface area contributed by atoms with Crippen LogP contribution in [0.2, 0.25) is 0 Å². The highest BCUT2D eigenvalue weighted by molar-refractivity contribution is 8.00. The number of thioether (sulfide) groups is 1. The van der Waals surface area contributed by atoms with E-state index >= 15 is 0 Å². The molecule has 0 amide bonds. The SMILES string of the molecule is CC1CCc2c(sc3ncnc(SCC(=O)OC4CCC(C(C)(C)C)CC4)c23)C1. The lowest BCUT2D eigenvalue weighted by atomic mass is 9.72. The Morgan fingerprint density at radius 1 is 1.21 bits per heavy atom. The lowest BCUT2D eigenvalue weighted by Crippen LogP contribution is -2.30. The van der Waals surface area contributed by atoms with Crippen LogP contribution >= 0.6 is 23.1 Å². The number of carbonyl (C=O) groups is 1. The van der Waals surface area contributed by atoms with Gasteiger partial charge in [-0.05, 0) is 67.8 Å². The Morgan fingerprint density at radius 2 is 1.97 bits per heavy atom. The summed E-state index contributed by atoms with van der Waals surface area (Å²) in [6, 6.07) is 0. The third-order valence-electron chi connectivity index (χ3n) is 6.58. The fourth-order valence-electron chi connectivity index (χ4n) is 4.75. The van der Waals surface area contributed by atoms with Gasteiger partial charge in [0, 0.05) is 10.3 Å². The Morgan fingerprint density at radius 3 is 2.69 bits per heavy atom. The highest BCUT2D eigenvalue weighted by atomic mass is 32.2. The summed E-state index contributed by atoms with van der Waals surface area (Å²) in [5.74, 6) is 1.68. The molecule has 2 heterocycles. The van der Waals surface area contributed by atoms with Gasteiger partial charge in [-0.25, -0.2) is 9.97 Å². The van der Waals surface area contributed by atoms with Crippen molar-refractivity contribution in [3.05, 3.63) is 16.8 Å². The van der Waals surface area contributed by atoms with Crippen molar-refractivity contribution in [1.82, 2.24) is 9.97 Å². The molecule has 2 aliphatic rings. The number of hydrogen-bond acceptors (Lipinski definition) is 6. The molecule has 0 radical (unpaired) electrons. The average molecular weight is 433 g/mol. The minimum atomic E-state index is -0.112. The second kappa shape index (κ2) is 8.54. The maximum absolute atomic E-state index is 12.5. The molecule has 0 bridgehead atoms. The van der Waals surface area contributed by atoms with E-state index in [1.54, 1.807) is 17.7 Å². The minimum Gasteiger partial charge on any atom is -0.462 e. The standard InChI is InChI=1S/C23H32N2O2S2/c1-14-5-10-17-18(11-14)29-22-20(17)21(24-13-25-22)28-12-19(26)27-16-8-6-15(7-9-16)23(2,3)4/h13-16H,5-12H2,1-4H3. The van der Waals surface area contributed by atoms with Crippen LogP contribution in [0, 0.1) is 17.3 Å². The molecule has 2 aromatic heterocycles. The van der Waals surface area contributed by atoms with Crippen LogP contribution in [0.1, 0.15) is 70.2 Å². The number of esters is 1. The molecule has 0 N–H and O–H groups in total. The highest BCUT2D eigenvalue weighted by Gasteiger charge is 2.31. The van der Waals surface area contributed by atoms with Gasteiger partial charge in [-0.2, -0.15) is 0 Å². The quantitative estimate of drug-likeness (QED) is 0.334. The van der Waals surface area contributed by atoms with E-state index in [2.05, 4.69) is 37.7 Å². The number of rotatable bonds is 4. The number of aromatic nitrogens is 2. The van der Waals surface area contributed by atoms with Crippen LogP contribution in [-0.4, -0.2) is 27.8 Å². The largest absolute Gasteiger partial charge is 0.462 e. The Balaban J connectivity index is 1.36. The van der Waals surface area contributed by atoms with Crippen LogP contribution in [0.4, 0.5) is 0 Å². The van der Waals surface area contributed by atoms with Crippen LogP contribution < -0.4 is 0 Å². The molecule has 4 rings (SSSR count). The van der Waals surface area contributed by atoms with Crippen LogP contribution in [0.25, 0.3) is 10.2 Å². The molecule has 0 aliphatic heterocycles. The predicted octanol–water partition coefficient (Wildman–Crippen LogP) is 6.06. The molecule has 2 aromatic rings. The van der Waals surface area contributed by atoms with Crippen LogP contribution in [0.5, 0.6) is 0 Å². The summed E-state index contributed by atoms with van der Waals surface area (Å²) >= 11 is 3.31. The molecule has 6 heteroatoms. The van der Waals surface area contributed by atoms with E-state index in [1.807, 2.05) is 0 Å². The maximum atomic E-state index is 12.5. The summed E-state index contributed by atoms with van der Waals surface area (Å²) in [7, 11) is 0. The summed E-state index contributed by atoms with van der Waals surface area (Å²) in [5, 5.41) is 2.12. The van der Waals surface area contributed by atoms with Crippen molar-refractivity contribution in [3.63, 3.8) is 0 Å². The van der Waals surface area contributed by atoms with Crippen molar-refractivity contribution < 1.29 is 9.53 Å². The number of thiophene rings is 1. The Hall–Kier alpha value is -1.14. The van der Waals surface area contributed by atoms with Gasteiger partial charge >= 0.3 is 5.97 Å². The average Bonchev–Trinajstić information content (AvgIpc) is 3.04. The van der Waals surface area contributed by atoms with E-state index < -0.39 is 0 Å². The number of fused-ring (bicyclic) bond motifs is 3. The van der Waals surface area contributed by atoms with Crippen molar-refractivity contribution in [1.29, 1.82) is 0 Å². The van der Waals surface area contributed by atoms with Gasteiger partial charge in [-0.3, -0.25) is 4.79 Å². The first kappa shape index (κ1) is 21.1. The van der Waals surface area contributed by atoms with Crippen molar-refractivity contribution in [3.8, 4) is 0 Å². The van der Waals surface area contributed by atoms with Gasteiger partial charge in [-0.1, -0.05) is 39.5 Å². The summed E-state index contributed by atoms with van der Waals surface area (Å²) in [4.78, 5) is 24.0. The first-order valence-corrected chi connectivity index (χ1v) is 12.7. The fourth-order valence-corrected chi connectivity index (χ4v) is 6.97. The van der Waals surface area contributed by atoms with E-state index in [4.69, 9.17) is 4.74 Å². The molecule has 29 heavy (non-hydrogen) atoms. The second-order valence-corrected chi connectivity index (χ2v) is 11.9. The van der Waals surface area contributed by atoms with Crippen molar-refractivity contribution >= 4 is 39.3 Å². The van der Waals surface area contributed by atoms with Gasteiger partial charge in [-0.15, -0.1) is 11.3 Å². The van der Waals surface area contributed by atoms with Crippen LogP contribution in [0.15, 0.2) is 11.4 Å². The number of hydrogen-bond donors (Lipinski definition) is 0. The second-order valence-electron chi connectivity index (χ2n) is 9.83. The van der Waals surface area contributed by atoms with E-state index in [1.165, 1.54) is 34.0 Å². The first-order chi connectivity index (χ1) is 13.8. The fraction of sp³-hybridized carbons (Fsp3) is 0.696. The highest BCUT2D eigenvalue weighted by Crippen LogP contribution is 2.41. The zero-order valence-electron chi connectivity index (χ0n) is 18.0. The summed E-state index contributed by atoms with van der Waals surface area (Å²) < 4.78 is 5.79. The van der Waals surface area contributed by atoms with E-state index in [9.17, 15) is 4.79 Å². The van der Waals surface area contributed by atoms with Gasteiger partial charge in [0.2, 0.25) is 0 Å². The van der Waals surface area contributed by atoms with Crippen molar-refractivity contribution in [2.24, 2.45) is 17.3 Å². The molecular weight excluding hydrogens is 400 g/mol. The zero-order valence-corrected chi connectivity index (χ0v) is 19.6. The normalized spacial score (nSPS) is 25.0. The molecule has 158 valence electrons.